The Bertz CT molecular complexity index is 1030. The maximum atomic E-state index is 13.2. The van der Waals surface area contributed by atoms with Gasteiger partial charge >= 0.3 is 6.18 Å². The third kappa shape index (κ3) is 2.76. The van der Waals surface area contributed by atoms with Crippen LogP contribution in [0, 0.1) is 18.3 Å². The van der Waals surface area contributed by atoms with Gasteiger partial charge in [0.2, 0.25) is 0 Å². The summed E-state index contributed by atoms with van der Waals surface area (Å²) in [5.41, 5.74) is -1.08. The number of halogens is 3. The van der Waals surface area contributed by atoms with E-state index < -0.39 is 17.3 Å². The molecule has 0 unspecified atom stereocenters. The third-order valence-electron chi connectivity index (χ3n) is 3.52. The van der Waals surface area contributed by atoms with Crippen LogP contribution in [0.2, 0.25) is 0 Å². The van der Waals surface area contributed by atoms with Crippen LogP contribution in [0.1, 0.15) is 22.4 Å². The molecule has 0 spiro atoms. The Hall–Kier alpha value is -2.73. The van der Waals surface area contributed by atoms with Gasteiger partial charge in [-0.2, -0.15) is 22.8 Å². The summed E-state index contributed by atoms with van der Waals surface area (Å²) in [4.78, 5) is 17.0. The predicted molar refractivity (Wildman–Crippen MR) is 81.7 cm³/mol. The van der Waals surface area contributed by atoms with Crippen molar-refractivity contribution in [3.8, 4) is 6.07 Å². The number of hydrogen-bond acceptors (Lipinski definition) is 5. The summed E-state index contributed by atoms with van der Waals surface area (Å²) < 4.78 is 44.8. The molecule has 3 rings (SSSR count). The van der Waals surface area contributed by atoms with Crippen molar-refractivity contribution in [1.82, 2.24) is 13.9 Å². The molecule has 24 heavy (non-hydrogen) atoms. The monoisotopic (exact) mass is 350 g/mol. The Morgan fingerprint density at radius 3 is 2.79 bits per heavy atom. The molecule has 0 saturated carbocycles. The van der Waals surface area contributed by atoms with Gasteiger partial charge in [0, 0.05) is 0 Å². The second kappa shape index (κ2) is 5.72. The molecule has 0 N–H and O–H groups in total. The Morgan fingerprint density at radius 1 is 1.38 bits per heavy atom. The van der Waals surface area contributed by atoms with Crippen molar-refractivity contribution in [1.29, 1.82) is 5.26 Å². The van der Waals surface area contributed by atoms with Gasteiger partial charge in [-0.05, 0) is 36.2 Å². The third-order valence-corrected chi connectivity index (χ3v) is 4.37. The van der Waals surface area contributed by atoms with Gasteiger partial charge in [0.1, 0.15) is 0 Å². The summed E-state index contributed by atoms with van der Waals surface area (Å²) in [6.07, 6.45) is -3.41. The smallest absolute Gasteiger partial charge is 0.294 e. The molecule has 0 aliphatic heterocycles. The standard InChI is InChI=1S/C15H9F3N4OS/c1-8-12-13(24-21-8)20-7-22(14(12)23)6-10-3-2-9(5-19)4-11(10)15(16,17)18/h2-4,7H,6H2,1H3. The average Bonchev–Trinajstić information content (AvgIpc) is 2.91. The highest BCUT2D eigenvalue weighted by Crippen LogP contribution is 2.33. The first-order valence-corrected chi connectivity index (χ1v) is 7.50. The molecule has 0 bridgehead atoms. The Morgan fingerprint density at radius 2 is 2.12 bits per heavy atom. The van der Waals surface area contributed by atoms with Crippen LogP contribution in [-0.2, 0) is 12.7 Å². The Labute approximate surface area is 137 Å². The molecule has 2 heterocycles. The molecule has 1 aromatic carbocycles. The van der Waals surface area contributed by atoms with Gasteiger partial charge in [-0.1, -0.05) is 6.07 Å². The zero-order valence-electron chi connectivity index (χ0n) is 12.3. The predicted octanol–water partition coefficient (Wildman–Crippen LogP) is 3.10. The van der Waals surface area contributed by atoms with Gasteiger partial charge in [-0.3, -0.25) is 9.36 Å². The molecule has 9 heteroatoms. The van der Waals surface area contributed by atoms with Crippen LogP contribution < -0.4 is 5.56 Å². The molecule has 0 amide bonds. The quantitative estimate of drug-likeness (QED) is 0.712. The first kappa shape index (κ1) is 16.1. The molecule has 0 radical (unpaired) electrons. The number of hydrogen-bond donors (Lipinski definition) is 0. The van der Waals surface area contributed by atoms with Crippen molar-refractivity contribution >= 4 is 21.7 Å². The highest BCUT2D eigenvalue weighted by atomic mass is 32.1. The normalized spacial score (nSPS) is 11.6. The number of aryl methyl sites for hydroxylation is 1. The van der Waals surface area contributed by atoms with Crippen molar-refractivity contribution in [3.63, 3.8) is 0 Å². The summed E-state index contributed by atoms with van der Waals surface area (Å²) in [6, 6.07) is 4.96. The Balaban J connectivity index is 2.12. The summed E-state index contributed by atoms with van der Waals surface area (Å²) >= 11 is 1.06. The average molecular weight is 350 g/mol. The second-order valence-electron chi connectivity index (χ2n) is 5.11. The lowest BCUT2D eigenvalue weighted by Gasteiger charge is -2.14. The second-order valence-corrected chi connectivity index (χ2v) is 5.86. The van der Waals surface area contributed by atoms with Gasteiger partial charge in [-0.25, -0.2) is 4.98 Å². The van der Waals surface area contributed by atoms with E-state index in [9.17, 15) is 18.0 Å². The number of rotatable bonds is 2. The van der Waals surface area contributed by atoms with E-state index in [-0.39, 0.29) is 17.7 Å². The number of fused-ring (bicyclic) bond motifs is 1. The van der Waals surface area contributed by atoms with Crippen molar-refractivity contribution in [3.05, 3.63) is 57.3 Å². The van der Waals surface area contributed by atoms with Crippen molar-refractivity contribution < 1.29 is 13.2 Å². The SMILES string of the molecule is Cc1nsc2ncn(Cc3ccc(C#N)cc3C(F)(F)F)c(=O)c12. The summed E-state index contributed by atoms with van der Waals surface area (Å²) in [7, 11) is 0. The molecule has 0 saturated heterocycles. The fourth-order valence-corrected chi connectivity index (χ4v) is 3.09. The molecular formula is C15H9F3N4OS. The van der Waals surface area contributed by atoms with Crippen LogP contribution in [0.25, 0.3) is 10.2 Å². The van der Waals surface area contributed by atoms with Crippen LogP contribution in [0.5, 0.6) is 0 Å². The highest BCUT2D eigenvalue weighted by molar-refractivity contribution is 7.12. The number of alkyl halides is 3. The lowest BCUT2D eigenvalue weighted by atomic mass is 10.0. The molecule has 0 aliphatic carbocycles. The van der Waals surface area contributed by atoms with Gasteiger partial charge in [-0.15, -0.1) is 0 Å². The molecule has 0 aliphatic rings. The summed E-state index contributed by atoms with van der Waals surface area (Å²) in [6.45, 7) is 1.35. The van der Waals surface area contributed by atoms with Crippen molar-refractivity contribution in [2.75, 3.05) is 0 Å². The topological polar surface area (TPSA) is 71.6 Å². The van der Waals surface area contributed by atoms with E-state index in [4.69, 9.17) is 5.26 Å². The lowest BCUT2D eigenvalue weighted by Crippen LogP contribution is -2.22. The van der Waals surface area contributed by atoms with Gasteiger partial charge in [0.25, 0.3) is 5.56 Å². The minimum Gasteiger partial charge on any atom is -0.294 e. The van der Waals surface area contributed by atoms with E-state index in [0.717, 1.165) is 22.2 Å². The minimum absolute atomic E-state index is 0.0927. The molecule has 2 aromatic heterocycles. The highest BCUT2D eigenvalue weighted by Gasteiger charge is 2.33. The Kier molecular flexibility index (Phi) is 3.85. The van der Waals surface area contributed by atoms with E-state index in [1.54, 1.807) is 13.0 Å². The van der Waals surface area contributed by atoms with E-state index in [2.05, 4.69) is 9.36 Å². The van der Waals surface area contributed by atoms with Crippen molar-refractivity contribution in [2.45, 2.75) is 19.6 Å². The van der Waals surface area contributed by atoms with Gasteiger partial charge in [0.15, 0.2) is 4.83 Å². The van der Waals surface area contributed by atoms with Crippen molar-refractivity contribution in [2.24, 2.45) is 0 Å². The molecule has 0 fully saturated rings. The first-order chi connectivity index (χ1) is 11.3. The summed E-state index contributed by atoms with van der Waals surface area (Å²) in [5, 5.41) is 9.10. The maximum absolute atomic E-state index is 13.2. The van der Waals surface area contributed by atoms with E-state index >= 15 is 0 Å². The largest absolute Gasteiger partial charge is 0.416 e. The minimum atomic E-state index is -4.62. The number of nitrogens with zero attached hydrogens (tertiary/aromatic N) is 4. The van der Waals surface area contributed by atoms with Crippen LogP contribution in [0.4, 0.5) is 13.2 Å². The number of aromatic nitrogens is 3. The van der Waals surface area contributed by atoms with Crippen LogP contribution in [0.15, 0.2) is 29.3 Å². The molecule has 0 atom stereocenters. The number of benzene rings is 1. The van der Waals surface area contributed by atoms with E-state index in [1.807, 2.05) is 0 Å². The molecule has 3 aromatic rings. The van der Waals surface area contributed by atoms with E-state index in [1.165, 1.54) is 18.5 Å². The van der Waals surface area contributed by atoms with Crippen LogP contribution >= 0.6 is 11.5 Å². The van der Waals surface area contributed by atoms with Crippen LogP contribution in [-0.4, -0.2) is 13.9 Å². The first-order valence-electron chi connectivity index (χ1n) is 6.73. The molecule has 122 valence electrons. The fourth-order valence-electron chi connectivity index (χ4n) is 2.35. The molecular weight excluding hydrogens is 341 g/mol. The maximum Gasteiger partial charge on any atom is 0.416 e. The van der Waals surface area contributed by atoms with Gasteiger partial charge in [0.05, 0.1) is 41.1 Å². The molecule has 5 nitrogen and oxygen atoms in total. The van der Waals surface area contributed by atoms with E-state index in [0.29, 0.717) is 15.9 Å². The number of nitriles is 1. The lowest BCUT2D eigenvalue weighted by molar-refractivity contribution is -0.138. The zero-order valence-corrected chi connectivity index (χ0v) is 13.1. The van der Waals surface area contributed by atoms with Crippen LogP contribution in [0.3, 0.4) is 0 Å². The fraction of sp³-hybridized carbons (Fsp3) is 0.200. The van der Waals surface area contributed by atoms with Gasteiger partial charge < -0.3 is 0 Å². The summed E-state index contributed by atoms with van der Waals surface area (Å²) in [5.74, 6) is 0. The zero-order chi connectivity index (χ0) is 17.5.